The maximum atomic E-state index is 13.0. The second-order valence-corrected chi connectivity index (χ2v) is 8.45. The summed E-state index contributed by atoms with van der Waals surface area (Å²) in [5.41, 5.74) is 1.53. The molecule has 1 saturated heterocycles. The van der Waals surface area contributed by atoms with Crippen molar-refractivity contribution in [3.8, 4) is 0 Å². The number of benzene rings is 1. The second-order valence-electron chi connectivity index (χ2n) is 8.45. The highest BCUT2D eigenvalue weighted by atomic mass is 19.1. The van der Waals surface area contributed by atoms with Crippen LogP contribution in [0.25, 0.3) is 0 Å². The Balaban J connectivity index is 1.25. The van der Waals surface area contributed by atoms with Gasteiger partial charge in [0.15, 0.2) is 0 Å². The summed E-state index contributed by atoms with van der Waals surface area (Å²) in [6.45, 7) is 1.77. The molecule has 2 aliphatic rings. The number of hydrogen-bond donors (Lipinski definition) is 1. The smallest absolute Gasteiger partial charge is 0.256 e. The largest absolute Gasteiger partial charge is 0.342 e. The van der Waals surface area contributed by atoms with E-state index in [1.54, 1.807) is 6.20 Å². The summed E-state index contributed by atoms with van der Waals surface area (Å²) >= 11 is 0. The fraction of sp³-hybridized carbons (Fsp3) is 0.458. The number of rotatable bonds is 6. The lowest BCUT2D eigenvalue weighted by molar-refractivity contribution is -0.139. The topological polar surface area (TPSA) is 62.3 Å². The number of anilines is 1. The van der Waals surface area contributed by atoms with Crippen LogP contribution in [0.15, 0.2) is 42.6 Å². The second kappa shape index (κ2) is 9.37. The maximum Gasteiger partial charge on any atom is 0.256 e. The van der Waals surface area contributed by atoms with Crippen molar-refractivity contribution in [1.82, 2.24) is 9.88 Å². The van der Waals surface area contributed by atoms with E-state index < -0.39 is 0 Å². The number of pyridine rings is 1. The zero-order valence-corrected chi connectivity index (χ0v) is 17.1. The van der Waals surface area contributed by atoms with E-state index in [1.807, 2.05) is 12.1 Å². The first-order chi connectivity index (χ1) is 14.6. The Morgan fingerprint density at radius 1 is 1.07 bits per heavy atom. The molecule has 2 aromatic rings. The van der Waals surface area contributed by atoms with E-state index in [-0.39, 0.29) is 11.7 Å². The molecule has 4 rings (SSSR count). The highest BCUT2D eigenvalue weighted by Gasteiger charge is 2.31. The molecule has 1 saturated carbocycles. The molecule has 0 radical (unpaired) electrons. The minimum absolute atomic E-state index is 0.293. The van der Waals surface area contributed by atoms with Gasteiger partial charge in [-0.2, -0.15) is 0 Å². The summed E-state index contributed by atoms with van der Waals surface area (Å²) in [5, 5.41) is 2.78. The first-order valence-corrected chi connectivity index (χ1v) is 10.9. The van der Waals surface area contributed by atoms with E-state index in [9.17, 15) is 14.0 Å². The Morgan fingerprint density at radius 3 is 2.47 bits per heavy atom. The Labute approximate surface area is 176 Å². The molecule has 2 fully saturated rings. The zero-order valence-electron chi connectivity index (χ0n) is 17.1. The van der Waals surface area contributed by atoms with E-state index in [4.69, 9.17) is 0 Å². The van der Waals surface area contributed by atoms with Crippen molar-refractivity contribution in [3.05, 3.63) is 59.5 Å². The number of carbonyl (C=O) groups excluding carboxylic acids is 2. The van der Waals surface area contributed by atoms with Crippen LogP contribution in [0.2, 0.25) is 0 Å². The van der Waals surface area contributed by atoms with Gasteiger partial charge in [-0.25, -0.2) is 9.37 Å². The lowest BCUT2D eigenvalue weighted by atomic mass is 9.83. The van der Waals surface area contributed by atoms with Gasteiger partial charge in [0.05, 0.1) is 0 Å². The van der Waals surface area contributed by atoms with Gasteiger partial charge in [-0.05, 0) is 86.4 Å². The number of nitrogens with zero attached hydrogens (tertiary/aromatic N) is 2. The summed E-state index contributed by atoms with van der Waals surface area (Å²) in [6, 6.07) is 9.32. The Bertz CT molecular complexity index is 888. The number of aryl methyl sites for hydroxylation is 1. The van der Waals surface area contributed by atoms with Crippen LogP contribution in [-0.4, -0.2) is 34.8 Å². The minimum atomic E-state index is -0.370. The van der Waals surface area contributed by atoms with E-state index in [2.05, 4.69) is 15.2 Å². The number of aromatic nitrogens is 1. The normalized spacial score (nSPS) is 17.4. The highest BCUT2D eigenvalue weighted by Crippen LogP contribution is 2.30. The zero-order chi connectivity index (χ0) is 20.9. The van der Waals surface area contributed by atoms with Gasteiger partial charge in [0.2, 0.25) is 5.91 Å². The van der Waals surface area contributed by atoms with Gasteiger partial charge >= 0.3 is 0 Å². The number of carbonyl (C=O) groups is 2. The molecule has 2 amide bonds. The first-order valence-electron chi connectivity index (χ1n) is 10.9. The molecular formula is C24H28FN3O2. The molecule has 5 nitrogen and oxygen atoms in total. The van der Waals surface area contributed by atoms with Gasteiger partial charge in [0.1, 0.15) is 11.6 Å². The molecule has 0 unspecified atom stereocenters. The van der Waals surface area contributed by atoms with Crippen LogP contribution in [0, 0.1) is 17.7 Å². The van der Waals surface area contributed by atoms with Gasteiger partial charge in [-0.3, -0.25) is 9.59 Å². The standard InChI is InChI=1S/C24H28FN3O2/c25-21-8-6-19(7-9-21)23(29)27-22-16-18(10-13-26-22)5-4-17-11-14-28(15-12-17)24(30)20-2-1-3-20/h6-10,13,16-17,20H,1-5,11-12,14-15H2,(H,26,27,29). The van der Waals surface area contributed by atoms with Crippen molar-refractivity contribution >= 4 is 17.6 Å². The molecule has 1 aliphatic heterocycles. The van der Waals surface area contributed by atoms with Crippen molar-refractivity contribution in [3.63, 3.8) is 0 Å². The first kappa shape index (κ1) is 20.5. The van der Waals surface area contributed by atoms with Gasteiger partial charge in [-0.15, -0.1) is 0 Å². The average Bonchev–Trinajstić information content (AvgIpc) is 2.72. The summed E-state index contributed by atoms with van der Waals surface area (Å²) in [4.78, 5) is 31.0. The molecule has 1 aliphatic carbocycles. The summed E-state index contributed by atoms with van der Waals surface area (Å²) < 4.78 is 13.0. The van der Waals surface area contributed by atoms with Crippen LogP contribution in [0.5, 0.6) is 0 Å². The predicted molar refractivity (Wildman–Crippen MR) is 114 cm³/mol. The van der Waals surface area contributed by atoms with Crippen molar-refractivity contribution in [1.29, 1.82) is 0 Å². The third-order valence-corrected chi connectivity index (χ3v) is 6.39. The minimum Gasteiger partial charge on any atom is -0.342 e. The van der Waals surface area contributed by atoms with Gasteiger partial charge in [-0.1, -0.05) is 6.42 Å². The summed E-state index contributed by atoms with van der Waals surface area (Å²) in [7, 11) is 0. The highest BCUT2D eigenvalue weighted by molar-refractivity contribution is 6.03. The van der Waals surface area contributed by atoms with Crippen LogP contribution >= 0.6 is 0 Å². The third kappa shape index (κ3) is 5.04. The van der Waals surface area contributed by atoms with Crippen LogP contribution in [0.1, 0.15) is 54.4 Å². The number of amides is 2. The molecule has 2 heterocycles. The number of likely N-dealkylation sites (tertiary alicyclic amines) is 1. The lowest BCUT2D eigenvalue weighted by Crippen LogP contribution is -2.43. The fourth-order valence-corrected chi connectivity index (χ4v) is 4.21. The third-order valence-electron chi connectivity index (χ3n) is 6.39. The van der Waals surface area contributed by atoms with Gasteiger partial charge in [0, 0.05) is 30.8 Å². The monoisotopic (exact) mass is 409 g/mol. The molecule has 1 N–H and O–H groups in total. The molecule has 30 heavy (non-hydrogen) atoms. The summed E-state index contributed by atoms with van der Waals surface area (Å²) in [6.07, 6.45) is 9.17. The number of nitrogens with one attached hydrogen (secondary N) is 1. The molecular weight excluding hydrogens is 381 g/mol. The molecule has 6 heteroatoms. The predicted octanol–water partition coefficient (Wildman–Crippen LogP) is 4.44. The molecule has 158 valence electrons. The SMILES string of the molecule is O=C(Nc1cc(CCC2CCN(C(=O)C3CCC3)CC2)ccn1)c1ccc(F)cc1. The molecule has 1 aromatic heterocycles. The molecule has 1 aromatic carbocycles. The molecule has 0 atom stereocenters. The van der Waals surface area contributed by atoms with E-state index in [0.29, 0.717) is 29.1 Å². The van der Waals surface area contributed by atoms with Crippen LogP contribution in [0.3, 0.4) is 0 Å². The molecule has 0 bridgehead atoms. The van der Waals surface area contributed by atoms with Crippen molar-refractivity contribution < 1.29 is 14.0 Å². The average molecular weight is 410 g/mol. The Kier molecular flexibility index (Phi) is 6.41. The number of hydrogen-bond acceptors (Lipinski definition) is 3. The Morgan fingerprint density at radius 2 is 1.80 bits per heavy atom. The quantitative estimate of drug-likeness (QED) is 0.767. The number of halogens is 1. The van der Waals surface area contributed by atoms with Crippen LogP contribution < -0.4 is 5.32 Å². The van der Waals surface area contributed by atoms with E-state index in [0.717, 1.165) is 57.2 Å². The van der Waals surface area contributed by atoms with E-state index >= 15 is 0 Å². The van der Waals surface area contributed by atoms with Crippen LogP contribution in [0.4, 0.5) is 10.2 Å². The van der Waals surface area contributed by atoms with Gasteiger partial charge < -0.3 is 10.2 Å². The van der Waals surface area contributed by atoms with Crippen molar-refractivity contribution in [2.45, 2.75) is 44.9 Å². The van der Waals surface area contributed by atoms with Crippen LogP contribution in [-0.2, 0) is 11.2 Å². The van der Waals surface area contributed by atoms with E-state index in [1.165, 1.54) is 30.7 Å². The maximum absolute atomic E-state index is 13.0. The summed E-state index contributed by atoms with van der Waals surface area (Å²) in [5.74, 6) is 1.12. The van der Waals surface area contributed by atoms with Gasteiger partial charge in [0.25, 0.3) is 5.91 Å². The van der Waals surface area contributed by atoms with Crippen molar-refractivity contribution in [2.75, 3.05) is 18.4 Å². The number of piperidine rings is 1. The lowest BCUT2D eigenvalue weighted by Gasteiger charge is -2.36. The van der Waals surface area contributed by atoms with Crippen molar-refractivity contribution in [2.24, 2.45) is 11.8 Å². The molecule has 0 spiro atoms. The Hall–Kier alpha value is -2.76. The fourth-order valence-electron chi connectivity index (χ4n) is 4.21.